The largest absolute Gasteiger partial charge is 0.300 e. The Kier molecular flexibility index (Phi) is 5.45. The topological polar surface area (TPSA) is 85.6 Å². The fourth-order valence-corrected chi connectivity index (χ4v) is 3.79. The summed E-state index contributed by atoms with van der Waals surface area (Å²) in [6, 6.07) is 18.0. The molecule has 9 heteroatoms. The number of nitrogens with zero attached hydrogens (tertiary/aromatic N) is 5. The number of carbonyl (C=O) groups excluding carboxylic acids is 1. The summed E-state index contributed by atoms with van der Waals surface area (Å²) in [4.78, 5) is 12.2. The van der Waals surface area contributed by atoms with Gasteiger partial charge in [0.15, 0.2) is 11.0 Å². The third kappa shape index (κ3) is 4.10. The Hall–Kier alpha value is -3.04. The van der Waals surface area contributed by atoms with Crippen molar-refractivity contribution < 1.29 is 4.79 Å². The summed E-state index contributed by atoms with van der Waals surface area (Å²) >= 11 is 2.60. The highest BCUT2D eigenvalue weighted by Gasteiger charge is 2.17. The monoisotopic (exact) mass is 408 g/mol. The van der Waals surface area contributed by atoms with E-state index in [2.05, 4.69) is 25.7 Å². The first kappa shape index (κ1) is 18.3. The quantitative estimate of drug-likeness (QED) is 0.488. The second kappa shape index (κ2) is 8.32. The van der Waals surface area contributed by atoms with Gasteiger partial charge in [0, 0.05) is 11.3 Å². The van der Waals surface area contributed by atoms with Crippen LogP contribution < -0.4 is 5.32 Å². The van der Waals surface area contributed by atoms with Gasteiger partial charge in [-0.15, -0.1) is 20.4 Å². The summed E-state index contributed by atoms with van der Waals surface area (Å²) in [5.41, 5.74) is 4.65. The van der Waals surface area contributed by atoms with Crippen molar-refractivity contribution in [1.82, 2.24) is 25.0 Å². The molecule has 0 aliphatic heterocycles. The van der Waals surface area contributed by atoms with Crippen molar-refractivity contribution in [1.29, 1.82) is 0 Å². The lowest BCUT2D eigenvalue weighted by atomic mass is 10.2. The van der Waals surface area contributed by atoms with Gasteiger partial charge >= 0.3 is 0 Å². The Morgan fingerprint density at radius 1 is 1.07 bits per heavy atom. The number of hydrogen-bond acceptors (Lipinski definition) is 7. The van der Waals surface area contributed by atoms with Gasteiger partial charge in [0.2, 0.25) is 11.0 Å². The molecule has 2 aromatic heterocycles. The molecule has 4 aromatic rings. The van der Waals surface area contributed by atoms with Crippen molar-refractivity contribution in [3.8, 4) is 17.1 Å². The lowest BCUT2D eigenvalue weighted by molar-refractivity contribution is -0.113. The van der Waals surface area contributed by atoms with Gasteiger partial charge in [-0.1, -0.05) is 71.1 Å². The van der Waals surface area contributed by atoms with Crippen molar-refractivity contribution in [2.45, 2.75) is 12.1 Å². The minimum atomic E-state index is -0.165. The van der Waals surface area contributed by atoms with Crippen LogP contribution in [0.15, 0.2) is 65.3 Å². The maximum atomic E-state index is 12.2. The zero-order valence-electron chi connectivity index (χ0n) is 14.9. The third-order valence-electron chi connectivity index (χ3n) is 3.90. The molecule has 28 heavy (non-hydrogen) atoms. The summed E-state index contributed by atoms with van der Waals surface area (Å²) in [6.07, 6.45) is 0. The van der Waals surface area contributed by atoms with Crippen LogP contribution in [0, 0.1) is 6.92 Å². The van der Waals surface area contributed by atoms with Crippen LogP contribution in [0.5, 0.6) is 0 Å². The van der Waals surface area contributed by atoms with Crippen LogP contribution in [0.1, 0.15) is 5.56 Å². The van der Waals surface area contributed by atoms with Gasteiger partial charge in [0.25, 0.3) is 0 Å². The van der Waals surface area contributed by atoms with E-state index in [1.807, 2.05) is 66.1 Å². The minimum absolute atomic E-state index is 0.165. The van der Waals surface area contributed by atoms with Crippen LogP contribution in [0.3, 0.4) is 0 Å². The number of aryl methyl sites for hydroxylation is 1. The molecule has 2 aromatic carbocycles. The van der Waals surface area contributed by atoms with Crippen LogP contribution in [0.2, 0.25) is 0 Å². The molecular formula is C19H16N6OS2. The molecule has 0 fully saturated rings. The van der Waals surface area contributed by atoms with Crippen molar-refractivity contribution >= 4 is 34.1 Å². The summed E-state index contributed by atoms with van der Waals surface area (Å²) in [6.45, 7) is 2.04. The Bertz CT molecular complexity index is 1060. The standard InChI is InChI=1S/C19H16N6OS2/c1-13-7-9-15(10-8-13)25-17(14-5-3-2-4-6-14)22-24-19(25)27-11-16(26)21-18-23-20-12-28-18/h2-10,12H,11H2,1H3,(H,21,23,26). The fraction of sp³-hybridized carbons (Fsp3) is 0.105. The number of hydrogen-bond donors (Lipinski definition) is 1. The summed E-state index contributed by atoms with van der Waals surface area (Å²) in [5, 5.41) is 20.1. The molecule has 0 spiro atoms. The highest BCUT2D eigenvalue weighted by Crippen LogP contribution is 2.28. The third-order valence-corrected chi connectivity index (χ3v) is 5.43. The molecule has 0 aliphatic rings. The van der Waals surface area contributed by atoms with Gasteiger partial charge in [-0.2, -0.15) is 0 Å². The zero-order valence-corrected chi connectivity index (χ0v) is 16.6. The number of nitrogens with one attached hydrogen (secondary N) is 1. The highest BCUT2D eigenvalue weighted by molar-refractivity contribution is 7.99. The van der Waals surface area contributed by atoms with Crippen molar-refractivity contribution in [3.63, 3.8) is 0 Å². The SMILES string of the molecule is Cc1ccc(-n2c(SCC(=O)Nc3nncs3)nnc2-c2ccccc2)cc1. The molecule has 0 radical (unpaired) electrons. The molecule has 7 nitrogen and oxygen atoms in total. The number of amides is 1. The Balaban J connectivity index is 1.62. The van der Waals surface area contributed by atoms with E-state index in [0.717, 1.165) is 17.1 Å². The lowest BCUT2D eigenvalue weighted by Gasteiger charge is -2.10. The van der Waals surface area contributed by atoms with E-state index < -0.39 is 0 Å². The van der Waals surface area contributed by atoms with Crippen LogP contribution >= 0.6 is 23.1 Å². The molecule has 2 heterocycles. The Morgan fingerprint density at radius 2 is 1.86 bits per heavy atom. The number of carbonyl (C=O) groups is 1. The number of benzene rings is 2. The number of rotatable bonds is 6. The van der Waals surface area contributed by atoms with Gasteiger partial charge in [0.1, 0.15) is 5.51 Å². The fourth-order valence-electron chi connectivity index (χ4n) is 2.58. The molecule has 0 saturated heterocycles. The van der Waals surface area contributed by atoms with E-state index in [-0.39, 0.29) is 11.7 Å². The van der Waals surface area contributed by atoms with Crippen LogP contribution in [-0.2, 0) is 4.79 Å². The predicted octanol–water partition coefficient (Wildman–Crippen LogP) is 3.83. The van der Waals surface area contributed by atoms with Gasteiger partial charge < -0.3 is 0 Å². The minimum Gasteiger partial charge on any atom is -0.300 e. The first-order valence-corrected chi connectivity index (χ1v) is 10.3. The van der Waals surface area contributed by atoms with E-state index in [0.29, 0.717) is 10.3 Å². The summed E-state index contributed by atoms with van der Waals surface area (Å²) in [7, 11) is 0. The average molecular weight is 409 g/mol. The number of anilines is 1. The number of thioether (sulfide) groups is 1. The second-order valence-corrected chi connectivity index (χ2v) is 7.70. The number of aromatic nitrogens is 5. The van der Waals surface area contributed by atoms with Crippen LogP contribution in [0.25, 0.3) is 17.1 Å². The molecule has 0 bridgehead atoms. The van der Waals surface area contributed by atoms with Gasteiger partial charge in [-0.3, -0.25) is 14.7 Å². The molecule has 140 valence electrons. The molecule has 4 rings (SSSR count). The van der Waals surface area contributed by atoms with E-state index >= 15 is 0 Å². The maximum Gasteiger partial charge on any atom is 0.236 e. The molecule has 0 aliphatic carbocycles. The summed E-state index contributed by atoms with van der Waals surface area (Å²) < 4.78 is 1.97. The first-order valence-electron chi connectivity index (χ1n) is 8.47. The smallest absolute Gasteiger partial charge is 0.236 e. The van der Waals surface area contributed by atoms with Crippen molar-refractivity contribution in [3.05, 3.63) is 65.7 Å². The summed E-state index contributed by atoms with van der Waals surface area (Å²) in [5.74, 6) is 0.760. The molecule has 1 amide bonds. The maximum absolute atomic E-state index is 12.2. The Morgan fingerprint density at radius 3 is 2.57 bits per heavy atom. The molecule has 0 saturated carbocycles. The van der Waals surface area contributed by atoms with Gasteiger partial charge in [-0.05, 0) is 19.1 Å². The van der Waals surface area contributed by atoms with Crippen LogP contribution in [0.4, 0.5) is 5.13 Å². The van der Waals surface area contributed by atoms with Gasteiger partial charge in [-0.25, -0.2) is 0 Å². The van der Waals surface area contributed by atoms with E-state index in [1.54, 1.807) is 5.51 Å². The first-order chi connectivity index (χ1) is 13.7. The molecule has 0 atom stereocenters. The van der Waals surface area contributed by atoms with Crippen LogP contribution in [-0.4, -0.2) is 36.6 Å². The molecule has 0 unspecified atom stereocenters. The van der Waals surface area contributed by atoms with E-state index in [4.69, 9.17) is 0 Å². The van der Waals surface area contributed by atoms with Crippen molar-refractivity contribution in [2.24, 2.45) is 0 Å². The molecular weight excluding hydrogens is 392 g/mol. The zero-order chi connectivity index (χ0) is 19.3. The van der Waals surface area contributed by atoms with Crippen molar-refractivity contribution in [2.75, 3.05) is 11.1 Å². The Labute approximate surface area is 169 Å². The highest BCUT2D eigenvalue weighted by atomic mass is 32.2. The average Bonchev–Trinajstić information content (AvgIpc) is 3.37. The van der Waals surface area contributed by atoms with Gasteiger partial charge in [0.05, 0.1) is 5.75 Å². The lowest BCUT2D eigenvalue weighted by Crippen LogP contribution is -2.14. The molecule has 1 N–H and O–H groups in total. The predicted molar refractivity (Wildman–Crippen MR) is 111 cm³/mol. The normalized spacial score (nSPS) is 10.8. The second-order valence-electron chi connectivity index (χ2n) is 5.92. The van der Waals surface area contributed by atoms with E-state index in [1.165, 1.54) is 28.7 Å². The van der Waals surface area contributed by atoms with E-state index in [9.17, 15) is 4.79 Å².